The lowest BCUT2D eigenvalue weighted by Gasteiger charge is -2.12. The first-order chi connectivity index (χ1) is 15.3. The molecule has 0 atom stereocenters. The maximum atomic E-state index is 15.4. The molecule has 32 heavy (non-hydrogen) atoms. The van der Waals surface area contributed by atoms with Crippen LogP contribution in [0.3, 0.4) is 0 Å². The molecule has 4 rings (SSSR count). The molecule has 0 saturated carbocycles. The van der Waals surface area contributed by atoms with Gasteiger partial charge in [0.1, 0.15) is 0 Å². The zero-order valence-electron chi connectivity index (χ0n) is 17.6. The zero-order chi connectivity index (χ0) is 23.0. The highest BCUT2D eigenvalue weighted by Crippen LogP contribution is 2.31. The number of aliphatic hydroxyl groups excluding tert-OH is 1. The highest BCUT2D eigenvalue weighted by atomic mass is 19.1. The van der Waals surface area contributed by atoms with Crippen molar-refractivity contribution >= 4 is 22.9 Å². The molecule has 9 heteroatoms. The van der Waals surface area contributed by atoms with Crippen molar-refractivity contribution in [3.63, 3.8) is 0 Å². The van der Waals surface area contributed by atoms with Crippen molar-refractivity contribution in [2.24, 2.45) is 12.8 Å². The Balaban J connectivity index is 1.82. The van der Waals surface area contributed by atoms with E-state index in [0.717, 1.165) is 5.56 Å². The number of Topliss-reactive ketones (excluding diaryl/α,β-unsaturated/α-hetero) is 1. The van der Waals surface area contributed by atoms with Crippen LogP contribution >= 0.6 is 0 Å². The van der Waals surface area contributed by atoms with Crippen LogP contribution in [-0.4, -0.2) is 31.0 Å². The van der Waals surface area contributed by atoms with Crippen molar-refractivity contribution in [2.45, 2.75) is 20.1 Å². The Bertz CT molecular complexity index is 1360. The highest BCUT2D eigenvalue weighted by molar-refractivity contribution is 6.16. The summed E-state index contributed by atoms with van der Waals surface area (Å²) >= 11 is 0. The highest BCUT2D eigenvalue weighted by Gasteiger charge is 2.23. The van der Waals surface area contributed by atoms with Gasteiger partial charge in [0, 0.05) is 48.9 Å². The fraction of sp³-hybridized carbons (Fsp3) is 0.174. The van der Waals surface area contributed by atoms with Crippen LogP contribution in [0.5, 0.6) is 0 Å². The summed E-state index contributed by atoms with van der Waals surface area (Å²) in [7, 11) is 1.71. The standard InChI is InChI=1S/C23H22FN5O3/c1-13(31)18-11-29-4-3-14(8-25)7-20(29)21(18)23(32)27-19-6-15(12-30)5-17(22(19)24)16-9-26-28(2)10-16/h3-7,9-11,30H,8,12,25H2,1-2H3,(H,27,32). The van der Waals surface area contributed by atoms with E-state index in [1.807, 2.05) is 0 Å². The molecule has 0 unspecified atom stereocenters. The summed E-state index contributed by atoms with van der Waals surface area (Å²) in [6.45, 7) is 1.28. The van der Waals surface area contributed by atoms with Gasteiger partial charge < -0.3 is 20.6 Å². The number of carbonyl (C=O) groups excluding carboxylic acids is 2. The van der Waals surface area contributed by atoms with Gasteiger partial charge in [-0.3, -0.25) is 14.3 Å². The minimum atomic E-state index is -0.668. The topological polar surface area (TPSA) is 115 Å². The van der Waals surface area contributed by atoms with Crippen molar-refractivity contribution in [3.05, 3.63) is 77.1 Å². The van der Waals surface area contributed by atoms with Gasteiger partial charge >= 0.3 is 0 Å². The van der Waals surface area contributed by atoms with Crippen LogP contribution in [0, 0.1) is 5.82 Å². The van der Waals surface area contributed by atoms with Gasteiger partial charge in [0.05, 0.1) is 29.6 Å². The Morgan fingerprint density at radius 3 is 2.62 bits per heavy atom. The van der Waals surface area contributed by atoms with E-state index in [-0.39, 0.29) is 41.3 Å². The Morgan fingerprint density at radius 2 is 2.00 bits per heavy atom. The van der Waals surface area contributed by atoms with E-state index in [1.165, 1.54) is 29.9 Å². The fourth-order valence-electron chi connectivity index (χ4n) is 3.66. The number of anilines is 1. The summed E-state index contributed by atoms with van der Waals surface area (Å²) < 4.78 is 18.5. The van der Waals surface area contributed by atoms with Gasteiger partial charge in [-0.2, -0.15) is 5.10 Å². The Labute approximate surface area is 183 Å². The molecule has 3 heterocycles. The number of amides is 1. The number of halogens is 1. The van der Waals surface area contributed by atoms with Gasteiger partial charge in [-0.25, -0.2) is 4.39 Å². The SMILES string of the molecule is CC(=O)c1cn2ccc(CN)cc2c1C(=O)Nc1cc(CO)cc(-c2cnn(C)c2)c1F. The number of hydrogen-bond donors (Lipinski definition) is 3. The molecule has 0 fully saturated rings. The Kier molecular flexibility index (Phi) is 5.60. The number of pyridine rings is 1. The summed E-state index contributed by atoms with van der Waals surface area (Å²) in [4.78, 5) is 25.5. The van der Waals surface area contributed by atoms with Crippen molar-refractivity contribution < 1.29 is 19.1 Å². The number of nitrogens with two attached hydrogens (primary N) is 1. The van der Waals surface area contributed by atoms with Crippen molar-refractivity contribution in [2.75, 3.05) is 5.32 Å². The molecular formula is C23H22FN5O3. The first kappa shape index (κ1) is 21.4. The number of benzene rings is 1. The summed E-state index contributed by atoms with van der Waals surface area (Å²) in [6, 6.07) is 6.39. The van der Waals surface area contributed by atoms with E-state index < -0.39 is 11.7 Å². The molecule has 3 aromatic heterocycles. The predicted molar refractivity (Wildman–Crippen MR) is 118 cm³/mol. The van der Waals surface area contributed by atoms with E-state index in [9.17, 15) is 14.7 Å². The molecule has 0 aliphatic rings. The lowest BCUT2D eigenvalue weighted by molar-refractivity contribution is 0.0987. The lowest BCUT2D eigenvalue weighted by Crippen LogP contribution is -2.16. The van der Waals surface area contributed by atoms with E-state index in [0.29, 0.717) is 16.6 Å². The number of hydrogen-bond acceptors (Lipinski definition) is 5. The van der Waals surface area contributed by atoms with E-state index in [2.05, 4.69) is 10.4 Å². The molecule has 1 aromatic carbocycles. The van der Waals surface area contributed by atoms with Crippen molar-refractivity contribution in [1.29, 1.82) is 0 Å². The van der Waals surface area contributed by atoms with E-state index in [4.69, 9.17) is 5.73 Å². The second kappa shape index (κ2) is 8.37. The minimum Gasteiger partial charge on any atom is -0.392 e. The first-order valence-corrected chi connectivity index (χ1v) is 9.90. The summed E-state index contributed by atoms with van der Waals surface area (Å²) in [5, 5.41) is 16.3. The third-order valence-electron chi connectivity index (χ3n) is 5.26. The molecule has 0 bridgehead atoms. The number of fused-ring (bicyclic) bond motifs is 1. The number of nitrogens with one attached hydrogen (secondary N) is 1. The molecule has 1 amide bonds. The largest absolute Gasteiger partial charge is 0.392 e. The maximum absolute atomic E-state index is 15.4. The predicted octanol–water partition coefficient (Wildman–Crippen LogP) is 2.88. The third-order valence-corrected chi connectivity index (χ3v) is 5.26. The monoisotopic (exact) mass is 435 g/mol. The number of ketones is 1. The second-order valence-corrected chi connectivity index (χ2v) is 7.53. The summed E-state index contributed by atoms with van der Waals surface area (Å²) in [5.41, 5.74) is 8.34. The summed E-state index contributed by atoms with van der Waals surface area (Å²) in [5.74, 6) is -1.61. The van der Waals surface area contributed by atoms with Gasteiger partial charge in [-0.15, -0.1) is 0 Å². The van der Waals surface area contributed by atoms with Crippen LogP contribution in [-0.2, 0) is 20.2 Å². The number of aliphatic hydroxyl groups is 1. The molecule has 0 radical (unpaired) electrons. The number of aromatic nitrogens is 3. The van der Waals surface area contributed by atoms with Gasteiger partial charge in [-0.1, -0.05) is 0 Å². The van der Waals surface area contributed by atoms with Crippen LogP contribution in [0.15, 0.2) is 49.1 Å². The fourth-order valence-corrected chi connectivity index (χ4v) is 3.66. The van der Waals surface area contributed by atoms with Crippen LogP contribution < -0.4 is 11.1 Å². The Morgan fingerprint density at radius 1 is 1.22 bits per heavy atom. The lowest BCUT2D eigenvalue weighted by atomic mass is 10.0. The van der Waals surface area contributed by atoms with Gasteiger partial charge in [-0.05, 0) is 42.3 Å². The van der Waals surface area contributed by atoms with Gasteiger partial charge in [0.25, 0.3) is 5.91 Å². The number of aryl methyl sites for hydroxylation is 1. The number of rotatable bonds is 6. The molecule has 0 aliphatic carbocycles. The minimum absolute atomic E-state index is 0.107. The molecule has 0 aliphatic heterocycles. The average molecular weight is 435 g/mol. The normalized spacial score (nSPS) is 11.2. The maximum Gasteiger partial charge on any atom is 0.258 e. The van der Waals surface area contributed by atoms with Crippen molar-refractivity contribution in [3.8, 4) is 11.1 Å². The van der Waals surface area contributed by atoms with Crippen LogP contribution in [0.1, 0.15) is 38.8 Å². The molecule has 4 aromatic rings. The average Bonchev–Trinajstić information content (AvgIpc) is 3.38. The van der Waals surface area contributed by atoms with Gasteiger partial charge in [0.2, 0.25) is 0 Å². The van der Waals surface area contributed by atoms with Crippen LogP contribution in [0.25, 0.3) is 16.6 Å². The Hall–Kier alpha value is -3.82. The molecule has 8 nitrogen and oxygen atoms in total. The quantitative estimate of drug-likeness (QED) is 0.403. The second-order valence-electron chi connectivity index (χ2n) is 7.53. The molecular weight excluding hydrogens is 413 g/mol. The molecule has 164 valence electrons. The first-order valence-electron chi connectivity index (χ1n) is 9.90. The van der Waals surface area contributed by atoms with Crippen LogP contribution in [0.2, 0.25) is 0 Å². The zero-order valence-corrected chi connectivity index (χ0v) is 17.6. The molecule has 4 N–H and O–H groups in total. The van der Waals surface area contributed by atoms with Crippen molar-refractivity contribution in [1.82, 2.24) is 14.2 Å². The smallest absolute Gasteiger partial charge is 0.258 e. The third kappa shape index (κ3) is 3.79. The van der Waals surface area contributed by atoms with Crippen LogP contribution in [0.4, 0.5) is 10.1 Å². The van der Waals surface area contributed by atoms with Gasteiger partial charge in [0.15, 0.2) is 11.6 Å². The van der Waals surface area contributed by atoms with E-state index in [1.54, 1.807) is 42.2 Å². The van der Waals surface area contributed by atoms with E-state index >= 15 is 4.39 Å². The molecule has 0 spiro atoms. The number of carbonyl (C=O) groups is 2. The number of nitrogens with zero attached hydrogens (tertiary/aromatic N) is 3. The molecule has 0 saturated heterocycles. The summed E-state index contributed by atoms with van der Waals surface area (Å²) in [6.07, 6.45) is 6.41.